The molecular formula is C24H72B4F4O16. The zero-order valence-corrected chi connectivity index (χ0v) is 34.4. The van der Waals surface area contributed by atoms with Crippen molar-refractivity contribution in [1.29, 1.82) is 0 Å². The van der Waals surface area contributed by atoms with E-state index in [2.05, 4.69) is 34.9 Å². The van der Waals surface area contributed by atoms with Crippen LogP contribution in [-0.4, -0.2) is 200 Å². The van der Waals surface area contributed by atoms with Gasteiger partial charge in [-0.05, 0) is 0 Å². The van der Waals surface area contributed by atoms with Crippen LogP contribution >= 0.6 is 0 Å². The lowest BCUT2D eigenvalue weighted by atomic mass is 10.3. The van der Waals surface area contributed by atoms with Gasteiger partial charge in [-0.3, -0.25) is 0 Å². The summed E-state index contributed by atoms with van der Waals surface area (Å²) in [7, 11) is 33.3. The van der Waals surface area contributed by atoms with Gasteiger partial charge in [0.15, 0.2) is 0 Å². The first-order valence-corrected chi connectivity index (χ1v) is 12.6. The normalized spacial score (nSPS) is 8.25. The van der Waals surface area contributed by atoms with Crippen LogP contribution in [0.5, 0.6) is 0 Å². The van der Waals surface area contributed by atoms with Gasteiger partial charge in [0.05, 0.1) is 0 Å². The number of halogens is 4. The van der Waals surface area contributed by atoms with Crippen LogP contribution in [0.3, 0.4) is 0 Å². The second-order valence-electron chi connectivity index (χ2n) is 10.9. The monoisotopic (exact) mass is 737 g/mol. The molecule has 0 amide bonds. The standard InChI is InChI=1S/8C3H9O.4BFO2/c8*1-4(2)3;4*2-1(3)4/h8*1-3H3;;;;/q8*+1;4*-2. The summed E-state index contributed by atoms with van der Waals surface area (Å²) in [5, 5.41) is 66.4. The number of hydrogen-bond donors (Lipinski definition) is 0. The zero-order valence-electron chi connectivity index (χ0n) is 34.4. The van der Waals surface area contributed by atoms with Gasteiger partial charge in [-0.15, -0.1) is 0 Å². The molecule has 0 fully saturated rings. The second-order valence-corrected chi connectivity index (χ2v) is 10.9. The Morgan fingerprint density at radius 2 is 0.208 bits per heavy atom. The van der Waals surface area contributed by atoms with Crippen LogP contribution in [0.25, 0.3) is 0 Å². The molecule has 48 heavy (non-hydrogen) atoms. The first-order valence-electron chi connectivity index (χ1n) is 12.6. The SMILES string of the molecule is C[O+](C)C.C[O+](C)C.C[O+](C)C.C[O+](C)C.C[O+](C)C.C[O+](C)C.C[O+](C)C.C[O+](C)C.[O-]B([O-])F.[O-]B([O-])F.[O-]B([O-])F.[O-]B([O-])F. The van der Waals surface area contributed by atoms with Gasteiger partial charge >= 0.3 is 0 Å². The zero-order chi connectivity index (χ0) is 42.9. The largest absolute Gasteiger partial charge is 0.867 e. The molecule has 0 aromatic carbocycles. The van der Waals surface area contributed by atoms with Crippen molar-refractivity contribution in [1.82, 2.24) is 0 Å². The quantitative estimate of drug-likeness (QED) is 0.133. The van der Waals surface area contributed by atoms with Gasteiger partial charge in [-0.25, -0.2) is 0 Å². The molecular weight excluding hydrogens is 663 g/mol. The molecule has 0 rings (SSSR count). The van der Waals surface area contributed by atoms with Gasteiger partial charge in [-0.1, -0.05) is 0 Å². The molecule has 0 aliphatic carbocycles. The van der Waals surface area contributed by atoms with Gasteiger partial charge in [0, 0.05) is 0 Å². The lowest BCUT2D eigenvalue weighted by Crippen LogP contribution is -2.39. The third kappa shape index (κ3) is 204000. The topological polar surface area (TPSA) is 206 Å². The maximum Gasteiger partial charge on any atom is 0.135 e. The molecule has 24 heteroatoms. The maximum atomic E-state index is 9.89. The second kappa shape index (κ2) is 76.3. The van der Waals surface area contributed by atoms with E-state index < -0.39 is 29.6 Å². The van der Waals surface area contributed by atoms with Gasteiger partial charge in [0.25, 0.3) is 0 Å². The number of rotatable bonds is 0. The van der Waals surface area contributed by atoms with Crippen LogP contribution in [0.1, 0.15) is 0 Å². The van der Waals surface area contributed by atoms with Crippen LogP contribution in [0.2, 0.25) is 0 Å². The molecule has 0 aromatic rings. The lowest BCUT2D eigenvalue weighted by Gasteiger charge is -2.09. The molecule has 0 spiro atoms. The molecule has 0 aliphatic rings. The molecule has 0 saturated heterocycles. The van der Waals surface area contributed by atoms with Crippen molar-refractivity contribution in [2.24, 2.45) is 0 Å². The lowest BCUT2D eigenvalue weighted by molar-refractivity contribution is -0.368. The summed E-state index contributed by atoms with van der Waals surface area (Å²) in [5.74, 6) is 0. The Bertz CT molecular complexity index is 264. The van der Waals surface area contributed by atoms with E-state index >= 15 is 0 Å². The predicted molar refractivity (Wildman–Crippen MR) is 178 cm³/mol. The van der Waals surface area contributed by atoms with Crippen molar-refractivity contribution < 1.29 is 92.4 Å². The predicted octanol–water partition coefficient (Wildman–Crippen LogP) is -5.93. The van der Waals surface area contributed by atoms with Crippen molar-refractivity contribution in [3.63, 3.8) is 0 Å². The van der Waals surface area contributed by atoms with Gasteiger partial charge < -0.3 is 92.4 Å². The highest BCUT2D eigenvalue weighted by atomic mass is 19.1. The minimum Gasteiger partial charge on any atom is -0.867 e. The molecule has 0 bridgehead atoms. The Balaban J connectivity index is -0.0000000295. The van der Waals surface area contributed by atoms with Gasteiger partial charge in [-0.2, -0.15) is 0 Å². The van der Waals surface area contributed by atoms with Crippen LogP contribution in [0, 0.1) is 0 Å². The third-order valence-corrected chi connectivity index (χ3v) is 0. The van der Waals surface area contributed by atoms with E-state index in [1.165, 1.54) is 0 Å². The number of hydrogen-bond acceptors (Lipinski definition) is 8. The van der Waals surface area contributed by atoms with Crippen molar-refractivity contribution in [3.8, 4) is 0 Å². The third-order valence-electron chi connectivity index (χ3n) is 0. The smallest absolute Gasteiger partial charge is 0.135 e. The maximum absolute atomic E-state index is 9.89. The average Bonchev–Trinajstić information content (AvgIpc) is 2.61. The molecule has 0 radical (unpaired) electrons. The molecule has 0 saturated carbocycles. The summed E-state index contributed by atoms with van der Waals surface area (Å²) >= 11 is 0. The van der Waals surface area contributed by atoms with Crippen molar-refractivity contribution in [2.45, 2.75) is 0 Å². The Hall–Kier alpha value is -0.660. The molecule has 304 valence electrons. The molecule has 0 atom stereocenters. The molecule has 0 aliphatic heterocycles. The fourth-order valence-corrected chi connectivity index (χ4v) is 0. The molecule has 0 heterocycles. The summed E-state index contributed by atoms with van der Waals surface area (Å²) in [4.78, 5) is 0. The van der Waals surface area contributed by atoms with Crippen molar-refractivity contribution in [2.75, 3.05) is 171 Å². The minimum atomic E-state index is -3.17. The first-order chi connectivity index (χ1) is 20.8. The van der Waals surface area contributed by atoms with Gasteiger partial charge in [0.1, 0.15) is 200 Å². The summed E-state index contributed by atoms with van der Waals surface area (Å²) in [6.45, 7) is 0. The van der Waals surface area contributed by atoms with E-state index in [0.717, 1.165) is 0 Å². The summed E-state index contributed by atoms with van der Waals surface area (Å²) in [6, 6.07) is 0. The average molecular weight is 736 g/mol. The van der Waals surface area contributed by atoms with Crippen LogP contribution in [0.4, 0.5) is 17.3 Å². The van der Waals surface area contributed by atoms with E-state index in [1.807, 2.05) is 171 Å². The summed E-state index contributed by atoms with van der Waals surface area (Å²) in [5.41, 5.74) is 0. The fourth-order valence-electron chi connectivity index (χ4n) is 0. The molecule has 0 unspecified atom stereocenters. The Morgan fingerprint density at radius 3 is 0.208 bits per heavy atom. The van der Waals surface area contributed by atoms with Crippen LogP contribution < -0.4 is 40.2 Å². The molecule has 0 N–H and O–H groups in total. The first kappa shape index (κ1) is 81.4. The van der Waals surface area contributed by atoms with Crippen molar-refractivity contribution in [3.05, 3.63) is 0 Å². The van der Waals surface area contributed by atoms with Crippen molar-refractivity contribution >= 4 is 29.6 Å². The molecule has 16 nitrogen and oxygen atoms in total. The highest BCUT2D eigenvalue weighted by molar-refractivity contribution is 6.27. The van der Waals surface area contributed by atoms with E-state index in [0.29, 0.717) is 0 Å². The minimum absolute atomic E-state index is 1.92. The Morgan fingerprint density at radius 1 is 0.208 bits per heavy atom. The van der Waals surface area contributed by atoms with E-state index in [1.54, 1.807) is 0 Å². The molecule has 0 aromatic heterocycles. The summed E-state index contributed by atoms with van der Waals surface area (Å²) in [6.07, 6.45) is 0. The highest BCUT2D eigenvalue weighted by Crippen LogP contribution is 1.63. The van der Waals surface area contributed by atoms with E-state index in [9.17, 15) is 17.3 Å². The summed E-state index contributed by atoms with van der Waals surface area (Å²) < 4.78 is 60.2. The van der Waals surface area contributed by atoms with Crippen LogP contribution in [0.15, 0.2) is 0 Å². The van der Waals surface area contributed by atoms with Crippen LogP contribution in [-0.2, 0) is 34.9 Å². The fraction of sp³-hybridized carbons (Fsp3) is 1.00. The van der Waals surface area contributed by atoms with E-state index in [4.69, 9.17) is 40.2 Å². The van der Waals surface area contributed by atoms with Gasteiger partial charge in [0.2, 0.25) is 0 Å². The highest BCUT2D eigenvalue weighted by Gasteiger charge is 1.64. The van der Waals surface area contributed by atoms with E-state index in [-0.39, 0.29) is 0 Å². The Kier molecular flexibility index (Phi) is 129. The Labute approximate surface area is 292 Å².